The Hall–Kier alpha value is -4.45. The number of ether oxygens (including phenoxy) is 5. The van der Waals surface area contributed by atoms with E-state index in [1.807, 2.05) is 6.92 Å². The molecule has 5 rings (SSSR count). The van der Waals surface area contributed by atoms with Crippen LogP contribution in [0.15, 0.2) is 47.7 Å². The van der Waals surface area contributed by atoms with Crippen molar-refractivity contribution >= 4 is 17.9 Å². The second kappa shape index (κ2) is 12.6. The molecule has 2 aromatic carbocycles. The predicted molar refractivity (Wildman–Crippen MR) is 152 cm³/mol. The van der Waals surface area contributed by atoms with Gasteiger partial charge in [-0.2, -0.15) is 0 Å². The molecule has 42 heavy (non-hydrogen) atoms. The number of urea groups is 1. The predicted octanol–water partition coefficient (Wildman–Crippen LogP) is 2.79. The number of piperazine rings is 1. The molecular formula is C30H36N4O8. The summed E-state index contributed by atoms with van der Waals surface area (Å²) < 4.78 is 27.1. The van der Waals surface area contributed by atoms with Gasteiger partial charge in [0.05, 0.1) is 32.4 Å². The molecule has 0 saturated carbocycles. The lowest BCUT2D eigenvalue weighted by Crippen LogP contribution is -2.53. The molecule has 2 aromatic rings. The summed E-state index contributed by atoms with van der Waals surface area (Å²) in [5.41, 5.74) is 2.15. The van der Waals surface area contributed by atoms with Crippen molar-refractivity contribution < 1.29 is 38.1 Å². The molecular weight excluding hydrogens is 544 g/mol. The summed E-state index contributed by atoms with van der Waals surface area (Å²) in [7, 11) is 3.08. The van der Waals surface area contributed by atoms with Crippen molar-refractivity contribution in [3.63, 3.8) is 0 Å². The fourth-order valence-electron chi connectivity index (χ4n) is 5.47. The van der Waals surface area contributed by atoms with Gasteiger partial charge in [-0.1, -0.05) is 6.07 Å². The summed E-state index contributed by atoms with van der Waals surface area (Å²) in [5, 5.41) is 2.98. The molecule has 12 heteroatoms. The fourth-order valence-corrected chi connectivity index (χ4v) is 5.47. The Bertz CT molecular complexity index is 1390. The number of benzene rings is 2. The number of carbonyl (C=O) groups excluding carboxylic acids is 3. The number of nitrogens with one attached hydrogen (secondary N) is 1. The molecule has 3 aliphatic heterocycles. The van der Waals surface area contributed by atoms with Crippen LogP contribution in [0, 0.1) is 0 Å². The number of fused-ring (bicyclic) bond motifs is 1. The minimum absolute atomic E-state index is 0.0832. The number of hydrogen-bond donors (Lipinski definition) is 1. The van der Waals surface area contributed by atoms with Gasteiger partial charge in [-0.05, 0) is 49.7 Å². The molecule has 1 saturated heterocycles. The zero-order valence-corrected chi connectivity index (χ0v) is 24.3. The Morgan fingerprint density at radius 2 is 1.69 bits per heavy atom. The van der Waals surface area contributed by atoms with E-state index in [4.69, 9.17) is 23.7 Å². The Morgan fingerprint density at radius 1 is 0.952 bits per heavy atom. The third-order valence-corrected chi connectivity index (χ3v) is 7.64. The van der Waals surface area contributed by atoms with Crippen LogP contribution in [0.5, 0.6) is 23.0 Å². The van der Waals surface area contributed by atoms with Crippen LogP contribution < -0.4 is 24.3 Å². The third kappa shape index (κ3) is 5.67. The Morgan fingerprint density at radius 3 is 2.38 bits per heavy atom. The maximum Gasteiger partial charge on any atom is 0.338 e. The standard InChI is InChI=1S/C30H36N4O8/c1-5-34-21(17-32-11-13-33(14-12-32)28(35)20-8-10-23-25(16-20)42-18-41-23)26(29(36)40-6-2)27(31-30(34)37)19-7-9-22(38-3)24(15-19)39-4/h7-10,15-16,27H,5-6,11-14,17-18H2,1-4H3,(H,31,37). The largest absolute Gasteiger partial charge is 0.493 e. The lowest BCUT2D eigenvalue weighted by molar-refractivity contribution is -0.139. The molecule has 0 aromatic heterocycles. The SMILES string of the molecule is CCOC(=O)C1=C(CN2CCN(C(=O)c3ccc4c(c3)OCO4)CC2)N(CC)C(=O)NC1c1ccc(OC)c(OC)c1. The van der Waals surface area contributed by atoms with Crippen molar-refractivity contribution in [2.24, 2.45) is 0 Å². The highest BCUT2D eigenvalue weighted by molar-refractivity contribution is 5.96. The molecule has 224 valence electrons. The minimum Gasteiger partial charge on any atom is -0.493 e. The number of rotatable bonds is 9. The fraction of sp³-hybridized carbons (Fsp3) is 0.433. The maximum atomic E-state index is 13.5. The summed E-state index contributed by atoms with van der Waals surface area (Å²) in [6, 6.07) is 9.44. The topological polar surface area (TPSA) is 119 Å². The first-order valence-corrected chi connectivity index (χ1v) is 14.0. The number of amides is 3. The zero-order chi connectivity index (χ0) is 29.8. The van der Waals surface area contributed by atoms with Crippen LogP contribution in [0.3, 0.4) is 0 Å². The van der Waals surface area contributed by atoms with E-state index in [0.717, 1.165) is 0 Å². The Balaban J connectivity index is 1.39. The first-order chi connectivity index (χ1) is 20.4. The zero-order valence-electron chi connectivity index (χ0n) is 24.3. The smallest absolute Gasteiger partial charge is 0.338 e. The Labute approximate surface area is 244 Å². The second-order valence-corrected chi connectivity index (χ2v) is 9.96. The number of carbonyl (C=O) groups is 3. The summed E-state index contributed by atoms with van der Waals surface area (Å²) in [6.07, 6.45) is 0. The van der Waals surface area contributed by atoms with E-state index in [9.17, 15) is 14.4 Å². The van der Waals surface area contributed by atoms with Crippen LogP contribution in [0.2, 0.25) is 0 Å². The van der Waals surface area contributed by atoms with Crippen molar-refractivity contribution in [3.8, 4) is 23.0 Å². The number of methoxy groups -OCH3 is 2. The van der Waals surface area contributed by atoms with Gasteiger partial charge in [0, 0.05) is 50.5 Å². The van der Waals surface area contributed by atoms with Crippen LogP contribution in [0.1, 0.15) is 35.8 Å². The number of nitrogens with zero attached hydrogens (tertiary/aromatic N) is 3. The monoisotopic (exact) mass is 580 g/mol. The van der Waals surface area contributed by atoms with Gasteiger partial charge in [-0.3, -0.25) is 14.6 Å². The van der Waals surface area contributed by atoms with E-state index in [2.05, 4.69) is 10.2 Å². The Kier molecular flexibility index (Phi) is 8.72. The lowest BCUT2D eigenvalue weighted by atomic mass is 9.93. The van der Waals surface area contributed by atoms with Gasteiger partial charge >= 0.3 is 12.0 Å². The van der Waals surface area contributed by atoms with Crippen molar-refractivity contribution in [2.75, 3.05) is 66.9 Å². The highest BCUT2D eigenvalue weighted by atomic mass is 16.7. The van der Waals surface area contributed by atoms with E-state index in [-0.39, 0.29) is 25.3 Å². The van der Waals surface area contributed by atoms with Gasteiger partial charge < -0.3 is 33.9 Å². The van der Waals surface area contributed by atoms with Gasteiger partial charge in [0.15, 0.2) is 23.0 Å². The second-order valence-electron chi connectivity index (χ2n) is 9.96. The molecule has 12 nitrogen and oxygen atoms in total. The number of esters is 1. The molecule has 3 aliphatic rings. The van der Waals surface area contributed by atoms with Gasteiger partial charge in [-0.25, -0.2) is 9.59 Å². The molecule has 1 fully saturated rings. The molecule has 0 aliphatic carbocycles. The summed E-state index contributed by atoms with van der Waals surface area (Å²) in [6.45, 7) is 6.77. The van der Waals surface area contributed by atoms with E-state index in [1.165, 1.54) is 7.11 Å². The average molecular weight is 581 g/mol. The third-order valence-electron chi connectivity index (χ3n) is 7.64. The highest BCUT2D eigenvalue weighted by Gasteiger charge is 2.39. The van der Waals surface area contributed by atoms with Crippen LogP contribution >= 0.6 is 0 Å². The lowest BCUT2D eigenvalue weighted by Gasteiger charge is -2.40. The molecule has 3 amide bonds. The number of likely N-dealkylation sites (N-methyl/N-ethyl adjacent to an activating group) is 1. The molecule has 1 N–H and O–H groups in total. The van der Waals surface area contributed by atoms with Crippen LogP contribution in [0.25, 0.3) is 0 Å². The van der Waals surface area contributed by atoms with E-state index < -0.39 is 12.0 Å². The first-order valence-electron chi connectivity index (χ1n) is 14.0. The summed E-state index contributed by atoms with van der Waals surface area (Å²) in [5.74, 6) is 1.63. The minimum atomic E-state index is -0.747. The van der Waals surface area contributed by atoms with Gasteiger partial charge in [0.1, 0.15) is 0 Å². The van der Waals surface area contributed by atoms with Crippen molar-refractivity contribution in [1.29, 1.82) is 0 Å². The molecule has 0 spiro atoms. The molecule has 0 bridgehead atoms. The van der Waals surface area contributed by atoms with E-state index >= 15 is 0 Å². The quantitative estimate of drug-likeness (QED) is 0.447. The maximum absolute atomic E-state index is 13.5. The molecule has 3 heterocycles. The summed E-state index contributed by atoms with van der Waals surface area (Å²) >= 11 is 0. The molecule has 0 radical (unpaired) electrons. The normalized spacial score (nSPS) is 18.6. The molecule has 1 atom stereocenters. The van der Waals surface area contributed by atoms with Gasteiger partial charge in [-0.15, -0.1) is 0 Å². The first kappa shape index (κ1) is 29.1. The molecule has 1 unspecified atom stereocenters. The number of hydrogen-bond acceptors (Lipinski definition) is 9. The summed E-state index contributed by atoms with van der Waals surface area (Å²) in [4.78, 5) is 45.5. The van der Waals surface area contributed by atoms with Crippen LogP contribution in [0.4, 0.5) is 4.79 Å². The van der Waals surface area contributed by atoms with Crippen molar-refractivity contribution in [2.45, 2.75) is 19.9 Å². The van der Waals surface area contributed by atoms with Crippen LogP contribution in [-0.4, -0.2) is 99.5 Å². The van der Waals surface area contributed by atoms with E-state index in [0.29, 0.717) is 84.7 Å². The highest BCUT2D eigenvalue weighted by Crippen LogP contribution is 2.37. The van der Waals surface area contributed by atoms with Crippen LogP contribution in [-0.2, 0) is 9.53 Å². The van der Waals surface area contributed by atoms with Gasteiger partial charge in [0.25, 0.3) is 5.91 Å². The average Bonchev–Trinajstić information content (AvgIpc) is 3.49. The van der Waals surface area contributed by atoms with Crippen molar-refractivity contribution in [1.82, 2.24) is 20.0 Å². The van der Waals surface area contributed by atoms with Crippen molar-refractivity contribution in [3.05, 3.63) is 58.8 Å². The van der Waals surface area contributed by atoms with Gasteiger partial charge in [0.2, 0.25) is 6.79 Å². The van der Waals surface area contributed by atoms with E-state index in [1.54, 1.807) is 60.2 Å².